The highest BCUT2D eigenvalue weighted by Gasteiger charge is 2.77. The lowest BCUT2D eigenvalue weighted by Gasteiger charge is -2.37. The van der Waals surface area contributed by atoms with Crippen LogP contribution in [0.2, 0.25) is 0 Å². The predicted octanol–water partition coefficient (Wildman–Crippen LogP) is 5.44. The molecule has 3 amide bonds. The Kier molecular flexibility index (Phi) is 12.2. The Morgan fingerprint density at radius 1 is 1.14 bits per heavy atom. The Morgan fingerprint density at radius 2 is 1.86 bits per heavy atom. The molecule has 0 saturated carbocycles. The van der Waals surface area contributed by atoms with E-state index in [-0.39, 0.29) is 48.7 Å². The third-order valence-electron chi connectivity index (χ3n) is 10.7. The number of ether oxygens (including phenoxy) is 2. The molecule has 3 aliphatic heterocycles. The van der Waals surface area contributed by atoms with Gasteiger partial charge < -0.3 is 29.3 Å². The Morgan fingerprint density at radius 3 is 2.53 bits per heavy atom. The molecule has 1 unspecified atom stereocenters. The maximum atomic E-state index is 14.9. The number of hydrogen-bond donors (Lipinski definition) is 1. The van der Waals surface area contributed by atoms with Crippen LogP contribution in [0.25, 0.3) is 0 Å². The van der Waals surface area contributed by atoms with Crippen molar-refractivity contribution in [3.8, 4) is 0 Å². The number of allylic oxidation sites excluding steroid dienone is 1. The molecule has 8 atom stereocenters. The Hall–Kier alpha value is -3.80. The molecule has 3 saturated heterocycles. The second kappa shape index (κ2) is 16.3. The van der Waals surface area contributed by atoms with Crippen LogP contribution in [0.4, 0.5) is 5.69 Å². The van der Waals surface area contributed by atoms with Crippen molar-refractivity contribution in [2.45, 2.75) is 87.6 Å². The van der Waals surface area contributed by atoms with Gasteiger partial charge in [-0.15, -0.1) is 13.2 Å². The number of aliphatic hydroxyl groups is 1. The summed E-state index contributed by atoms with van der Waals surface area (Å²) in [6, 6.07) is 13.6. The van der Waals surface area contributed by atoms with E-state index in [4.69, 9.17) is 9.47 Å². The number of carbonyl (C=O) groups is 4. The third-order valence-corrected chi connectivity index (χ3v) is 11.6. The van der Waals surface area contributed by atoms with Gasteiger partial charge >= 0.3 is 5.97 Å². The van der Waals surface area contributed by atoms with E-state index in [0.29, 0.717) is 36.9 Å². The number of benzene rings is 2. The number of unbranched alkanes of at least 4 members (excludes halogenated alkanes) is 1. The fourth-order valence-corrected chi connectivity index (χ4v) is 8.97. The van der Waals surface area contributed by atoms with Crippen molar-refractivity contribution < 1.29 is 33.8 Å². The van der Waals surface area contributed by atoms with Crippen molar-refractivity contribution in [3.63, 3.8) is 0 Å². The number of alkyl halides is 1. The lowest BCUT2D eigenvalue weighted by molar-refractivity contribution is -0.164. The van der Waals surface area contributed by atoms with Crippen molar-refractivity contribution in [1.29, 1.82) is 0 Å². The van der Waals surface area contributed by atoms with Crippen LogP contribution in [0.15, 0.2) is 73.8 Å². The summed E-state index contributed by atoms with van der Waals surface area (Å²) in [5.41, 5.74) is 2.01. The number of likely N-dealkylation sites (N-methyl/N-ethyl adjacent to an activating group) is 1. The van der Waals surface area contributed by atoms with E-state index in [0.717, 1.165) is 11.1 Å². The Balaban J connectivity index is 1.53. The zero-order valence-corrected chi connectivity index (χ0v) is 31.6. The lowest BCUT2D eigenvalue weighted by atomic mass is 9.70. The van der Waals surface area contributed by atoms with Crippen molar-refractivity contribution in [3.05, 3.63) is 90.5 Å². The molecule has 3 fully saturated rings. The molecule has 2 bridgehead atoms. The van der Waals surface area contributed by atoms with Crippen LogP contribution in [-0.2, 0) is 28.7 Å². The first-order chi connectivity index (χ1) is 24.4. The van der Waals surface area contributed by atoms with Crippen LogP contribution in [0.3, 0.4) is 0 Å². The maximum absolute atomic E-state index is 14.9. The van der Waals surface area contributed by atoms with Crippen molar-refractivity contribution in [2.75, 3.05) is 31.6 Å². The molecule has 3 aliphatic rings. The average Bonchev–Trinajstić information content (AvgIpc) is 3.72. The van der Waals surface area contributed by atoms with Gasteiger partial charge in [0.25, 0.3) is 5.91 Å². The summed E-state index contributed by atoms with van der Waals surface area (Å²) in [5.74, 6) is -3.33. The number of halogens is 1. The van der Waals surface area contributed by atoms with Crippen LogP contribution in [0.1, 0.15) is 61.8 Å². The molecule has 2 aromatic carbocycles. The van der Waals surface area contributed by atoms with Crippen LogP contribution >= 0.6 is 15.9 Å². The van der Waals surface area contributed by atoms with Crippen molar-refractivity contribution >= 4 is 45.3 Å². The Bertz CT molecular complexity index is 1630. The van der Waals surface area contributed by atoms with Crippen LogP contribution < -0.4 is 4.90 Å². The highest BCUT2D eigenvalue weighted by Crippen LogP contribution is 2.60. The van der Waals surface area contributed by atoms with E-state index in [1.165, 1.54) is 0 Å². The molecule has 2 aromatic rings. The molecule has 0 radical (unpaired) electrons. The monoisotopic (exact) mass is 763 g/mol. The second-order valence-corrected chi connectivity index (χ2v) is 15.2. The standard InChI is InChI=1S/C40H50BrN3O7/c1-7-9-17-31(46)42(6)27(5)34(28-15-11-10-12-16-28)50-39(49)32-33-37(47)44(21-13-14-22-45)36(40(33)24-29(41)35(32)51-40)38(48)43(20-8-2)30-23-25(3)18-19-26(30)4/h7-8,10-12,15-16,18-19,23,27,29,32-36,45H,1-2,9,13-14,17,20-22,24H2,3-6H3/t27-,29?,32-,33+,34+,35-,36-,40+/m1/s1. The van der Waals surface area contributed by atoms with E-state index in [9.17, 15) is 24.3 Å². The second-order valence-electron chi connectivity index (χ2n) is 14.0. The van der Waals surface area contributed by atoms with Crippen LogP contribution in [-0.4, -0.2) is 94.0 Å². The molecule has 1 N–H and O–H groups in total. The first kappa shape index (κ1) is 38.4. The highest BCUT2D eigenvalue weighted by molar-refractivity contribution is 9.09. The van der Waals surface area contributed by atoms with Gasteiger partial charge in [0, 0.05) is 43.7 Å². The van der Waals surface area contributed by atoms with Gasteiger partial charge in [0.05, 0.1) is 24.0 Å². The van der Waals surface area contributed by atoms with Crippen molar-refractivity contribution in [1.82, 2.24) is 9.80 Å². The minimum absolute atomic E-state index is 0.0547. The largest absolute Gasteiger partial charge is 0.455 e. The number of anilines is 1. The van der Waals surface area contributed by atoms with Crippen LogP contribution in [0, 0.1) is 25.7 Å². The average molecular weight is 765 g/mol. The molecule has 51 heavy (non-hydrogen) atoms. The summed E-state index contributed by atoms with van der Waals surface area (Å²) in [6.45, 7) is 13.7. The van der Waals surface area contributed by atoms with Gasteiger partial charge in [-0.2, -0.15) is 0 Å². The summed E-state index contributed by atoms with van der Waals surface area (Å²) >= 11 is 3.76. The maximum Gasteiger partial charge on any atom is 0.313 e. The number of likely N-dealkylation sites (tertiary alicyclic amines) is 1. The topological polar surface area (TPSA) is 117 Å². The fourth-order valence-electron chi connectivity index (χ4n) is 8.03. The van der Waals surface area contributed by atoms with Gasteiger partial charge in [-0.3, -0.25) is 19.2 Å². The molecule has 274 valence electrons. The van der Waals surface area contributed by atoms with Crippen molar-refractivity contribution in [2.24, 2.45) is 11.8 Å². The molecular weight excluding hydrogens is 714 g/mol. The smallest absolute Gasteiger partial charge is 0.313 e. The Labute approximate surface area is 309 Å². The number of aliphatic hydroxyl groups excluding tert-OH is 1. The zero-order valence-electron chi connectivity index (χ0n) is 30.0. The summed E-state index contributed by atoms with van der Waals surface area (Å²) in [4.78, 5) is 61.7. The highest BCUT2D eigenvalue weighted by atomic mass is 79.9. The zero-order chi connectivity index (χ0) is 37.0. The number of hydrogen-bond acceptors (Lipinski definition) is 7. The third kappa shape index (κ3) is 7.30. The quantitative estimate of drug-likeness (QED) is 0.105. The molecule has 3 heterocycles. The fraction of sp³-hybridized carbons (Fsp3) is 0.500. The normalized spacial score (nSPS) is 26.0. The molecule has 11 heteroatoms. The number of fused-ring (bicyclic) bond motifs is 1. The number of aryl methyl sites for hydroxylation is 2. The van der Waals surface area contributed by atoms with Gasteiger partial charge in [-0.05, 0) is 69.2 Å². The van der Waals surface area contributed by atoms with Gasteiger partial charge in [0.15, 0.2) is 0 Å². The first-order valence-electron chi connectivity index (χ1n) is 17.8. The number of amides is 3. The van der Waals surface area contributed by atoms with E-state index < -0.39 is 47.7 Å². The summed E-state index contributed by atoms with van der Waals surface area (Å²) in [5, 5.41) is 9.59. The minimum atomic E-state index is -1.29. The van der Waals surface area contributed by atoms with Gasteiger partial charge in [0.2, 0.25) is 11.8 Å². The molecule has 0 aliphatic carbocycles. The van der Waals surface area contributed by atoms with Gasteiger partial charge in [-0.1, -0.05) is 70.5 Å². The molecule has 5 rings (SSSR count). The molecular formula is C40H50BrN3O7. The van der Waals surface area contributed by atoms with E-state index in [1.54, 1.807) is 33.9 Å². The van der Waals surface area contributed by atoms with E-state index >= 15 is 0 Å². The van der Waals surface area contributed by atoms with Gasteiger partial charge in [-0.25, -0.2) is 0 Å². The molecule has 1 spiro atoms. The molecule has 0 aromatic heterocycles. The van der Waals surface area contributed by atoms with E-state index in [2.05, 4.69) is 29.1 Å². The molecule has 10 nitrogen and oxygen atoms in total. The summed E-state index contributed by atoms with van der Waals surface area (Å²) in [6.07, 6.45) is 3.86. The number of esters is 1. The summed E-state index contributed by atoms with van der Waals surface area (Å²) in [7, 11) is 1.69. The van der Waals surface area contributed by atoms with E-state index in [1.807, 2.05) is 69.3 Å². The predicted molar refractivity (Wildman–Crippen MR) is 199 cm³/mol. The first-order valence-corrected chi connectivity index (χ1v) is 18.7. The number of rotatable bonds is 16. The van der Waals surface area contributed by atoms with Crippen LogP contribution in [0.5, 0.6) is 0 Å². The minimum Gasteiger partial charge on any atom is -0.455 e. The van der Waals surface area contributed by atoms with Gasteiger partial charge in [0.1, 0.15) is 17.7 Å². The summed E-state index contributed by atoms with van der Waals surface area (Å²) < 4.78 is 13.1. The number of carbonyl (C=O) groups excluding carboxylic acids is 4. The number of nitrogens with zero attached hydrogens (tertiary/aromatic N) is 3. The lowest BCUT2D eigenvalue weighted by Crippen LogP contribution is -2.57. The SMILES string of the molecule is C=CCCC(=O)N(C)[C@H](C)[C@H](OC(=O)[C@H]1[C@@H]2O[C@@]3(CC2Br)[C@@H]1C(=O)N(CCCCO)[C@@H]3C(=O)N(CC=C)c1cc(C)ccc1C)c1ccccc1.